The monoisotopic (exact) mass is 477 g/mol. The number of nitrogens with one attached hydrogen (secondary N) is 1. The van der Waals surface area contributed by atoms with Gasteiger partial charge in [0.05, 0.1) is 18.3 Å². The molecule has 2 atom stereocenters. The van der Waals surface area contributed by atoms with Crippen molar-refractivity contribution in [3.8, 4) is 0 Å². The van der Waals surface area contributed by atoms with Gasteiger partial charge in [0.25, 0.3) is 0 Å². The molecule has 0 aliphatic carbocycles. The fourth-order valence-electron chi connectivity index (χ4n) is 4.39. The number of anilines is 1. The van der Waals surface area contributed by atoms with Crippen molar-refractivity contribution < 1.29 is 24.2 Å². The third-order valence-electron chi connectivity index (χ3n) is 6.06. The molecule has 182 valence electrons. The van der Waals surface area contributed by atoms with Crippen molar-refractivity contribution in [1.82, 2.24) is 10.2 Å². The van der Waals surface area contributed by atoms with Crippen molar-refractivity contribution >= 4 is 35.3 Å². The van der Waals surface area contributed by atoms with Crippen molar-refractivity contribution in [2.75, 3.05) is 43.4 Å². The molecule has 2 N–H and O–H groups in total. The van der Waals surface area contributed by atoms with Gasteiger partial charge in [0.1, 0.15) is 12.6 Å². The number of benzene rings is 1. The average Bonchev–Trinajstić information content (AvgIpc) is 2.93. The van der Waals surface area contributed by atoms with E-state index in [4.69, 9.17) is 4.74 Å². The van der Waals surface area contributed by atoms with Gasteiger partial charge in [-0.05, 0) is 64.4 Å². The second kappa shape index (κ2) is 13.0. The van der Waals surface area contributed by atoms with Gasteiger partial charge in [0, 0.05) is 10.6 Å². The highest BCUT2D eigenvalue weighted by molar-refractivity contribution is 7.99. The number of esters is 1. The van der Waals surface area contributed by atoms with Crippen LogP contribution in [0, 0.1) is 0 Å². The number of hydrogen-bond donors (Lipinski definition) is 2. The van der Waals surface area contributed by atoms with Crippen LogP contribution in [0.4, 0.5) is 5.69 Å². The van der Waals surface area contributed by atoms with Gasteiger partial charge in [-0.2, -0.15) is 0 Å². The number of carbonyl (C=O) groups excluding carboxylic acids is 2. The molecule has 8 nitrogen and oxygen atoms in total. The Labute approximate surface area is 200 Å². The number of carboxylic acid groups (broad SMARTS) is 1. The third kappa shape index (κ3) is 7.45. The van der Waals surface area contributed by atoms with Crippen molar-refractivity contribution in [2.45, 2.75) is 62.4 Å². The van der Waals surface area contributed by atoms with Crippen LogP contribution in [-0.2, 0) is 19.1 Å². The number of fused-ring (bicyclic) bond motifs is 1. The van der Waals surface area contributed by atoms with Crippen LogP contribution >= 0.6 is 11.8 Å². The number of thioether (sulfide) groups is 1. The number of carbonyl (C=O) groups is 3. The van der Waals surface area contributed by atoms with Gasteiger partial charge < -0.3 is 14.7 Å². The van der Waals surface area contributed by atoms with Crippen LogP contribution in [0.5, 0.6) is 0 Å². The molecule has 1 amide bonds. The molecule has 1 aromatic carbocycles. The number of hydrogen-bond acceptors (Lipinski definition) is 7. The highest BCUT2D eigenvalue weighted by atomic mass is 32.2. The van der Waals surface area contributed by atoms with Crippen LogP contribution in [0.25, 0.3) is 0 Å². The molecule has 33 heavy (non-hydrogen) atoms. The summed E-state index contributed by atoms with van der Waals surface area (Å²) < 4.78 is 5.27. The molecular formula is C24H35N3O5S. The van der Waals surface area contributed by atoms with E-state index in [1.54, 1.807) is 19.1 Å². The van der Waals surface area contributed by atoms with Gasteiger partial charge in [-0.25, -0.2) is 0 Å². The summed E-state index contributed by atoms with van der Waals surface area (Å²) in [6, 6.07) is 6.02. The van der Waals surface area contributed by atoms with E-state index in [2.05, 4.69) is 10.2 Å². The Bertz CT molecular complexity index is 815. The summed E-state index contributed by atoms with van der Waals surface area (Å²) in [4.78, 5) is 42.1. The summed E-state index contributed by atoms with van der Waals surface area (Å²) in [5, 5.41) is 12.6. The minimum absolute atomic E-state index is 0.273. The van der Waals surface area contributed by atoms with Gasteiger partial charge in [-0.1, -0.05) is 25.0 Å². The zero-order valence-corrected chi connectivity index (χ0v) is 20.1. The molecule has 1 saturated heterocycles. The molecule has 9 heteroatoms. The summed E-state index contributed by atoms with van der Waals surface area (Å²) in [7, 11) is 0. The van der Waals surface area contributed by atoms with Gasteiger partial charge in [-0.15, -0.1) is 11.8 Å². The van der Waals surface area contributed by atoms with Crippen molar-refractivity contribution in [3.05, 3.63) is 24.3 Å². The van der Waals surface area contributed by atoms with Gasteiger partial charge in [-0.3, -0.25) is 24.6 Å². The first-order valence-corrected chi connectivity index (χ1v) is 12.9. The zero-order chi connectivity index (χ0) is 23.6. The molecule has 3 rings (SSSR count). The van der Waals surface area contributed by atoms with Crippen LogP contribution < -0.4 is 10.2 Å². The number of aliphatic carboxylic acids is 1. The van der Waals surface area contributed by atoms with E-state index in [-0.39, 0.29) is 18.5 Å². The summed E-state index contributed by atoms with van der Waals surface area (Å²) in [5.41, 5.74) is 0.591. The molecule has 0 spiro atoms. The summed E-state index contributed by atoms with van der Waals surface area (Å²) in [5.74, 6) is -1.36. The fourth-order valence-corrected chi connectivity index (χ4v) is 5.48. The van der Waals surface area contributed by atoms with Crippen LogP contribution in [0.2, 0.25) is 0 Å². The van der Waals surface area contributed by atoms with Crippen molar-refractivity contribution in [3.63, 3.8) is 0 Å². The lowest BCUT2D eigenvalue weighted by molar-refractivity contribution is -0.146. The first-order chi connectivity index (χ1) is 16.0. The van der Waals surface area contributed by atoms with Gasteiger partial charge in [0.15, 0.2) is 0 Å². The molecule has 0 aromatic heterocycles. The number of likely N-dealkylation sites (tertiary alicyclic amines) is 1. The lowest BCUT2D eigenvalue weighted by Gasteiger charge is -2.28. The van der Waals surface area contributed by atoms with Crippen LogP contribution in [0.15, 0.2) is 29.2 Å². The largest absolute Gasteiger partial charge is 0.480 e. The SMILES string of the molecule is CCOC(=O)[C@@H](CCCCN1CCCCC1)NC1CSc2ccccc2N(CC(=O)O)C1=O. The molecule has 1 aromatic rings. The Balaban J connectivity index is 1.65. The quantitative estimate of drug-likeness (QED) is 0.371. The molecule has 0 saturated carbocycles. The molecule has 1 unspecified atom stereocenters. The lowest BCUT2D eigenvalue weighted by Crippen LogP contribution is -2.54. The molecular weight excluding hydrogens is 442 g/mol. The Morgan fingerprint density at radius 3 is 2.70 bits per heavy atom. The fraction of sp³-hybridized carbons (Fsp3) is 0.625. The molecule has 2 heterocycles. The maximum atomic E-state index is 13.3. The van der Waals surface area contributed by atoms with E-state index < -0.39 is 24.6 Å². The Morgan fingerprint density at radius 1 is 1.21 bits per heavy atom. The Morgan fingerprint density at radius 2 is 1.97 bits per heavy atom. The number of piperidine rings is 1. The summed E-state index contributed by atoms with van der Waals surface area (Å²) >= 11 is 1.49. The molecule has 0 bridgehead atoms. The molecule has 2 aliphatic rings. The number of unbranched alkanes of at least 4 members (excludes halogenated alkanes) is 1. The predicted octanol–water partition coefficient (Wildman–Crippen LogP) is 2.76. The van der Waals surface area contributed by atoms with Crippen LogP contribution in [0.3, 0.4) is 0 Å². The van der Waals surface area contributed by atoms with E-state index in [9.17, 15) is 19.5 Å². The molecule has 0 radical (unpaired) electrons. The van der Waals surface area contributed by atoms with Crippen LogP contribution in [-0.4, -0.2) is 78.5 Å². The summed E-state index contributed by atoms with van der Waals surface area (Å²) in [6.07, 6.45) is 6.23. The Hall–Kier alpha value is -2.10. The predicted molar refractivity (Wildman–Crippen MR) is 129 cm³/mol. The minimum Gasteiger partial charge on any atom is -0.480 e. The average molecular weight is 478 g/mol. The summed E-state index contributed by atoms with van der Waals surface area (Å²) in [6.45, 7) is 4.93. The van der Waals surface area contributed by atoms with Crippen molar-refractivity contribution in [2.24, 2.45) is 0 Å². The zero-order valence-electron chi connectivity index (χ0n) is 19.3. The third-order valence-corrected chi connectivity index (χ3v) is 7.21. The van der Waals surface area contributed by atoms with Crippen LogP contribution in [0.1, 0.15) is 45.4 Å². The number of amides is 1. The van der Waals surface area contributed by atoms with Gasteiger partial charge >= 0.3 is 11.9 Å². The van der Waals surface area contributed by atoms with E-state index in [1.165, 1.54) is 35.9 Å². The standard InChI is InChI=1S/C24H35N3O5S/c1-2-32-24(31)18(10-6-9-15-26-13-7-3-8-14-26)25-19-17-33-21-12-5-4-11-20(21)27(23(19)30)16-22(28)29/h4-5,11-12,18-19,25H,2-3,6-10,13-17H2,1H3,(H,28,29)/t18-,19?/m1/s1. The highest BCUT2D eigenvalue weighted by Gasteiger charge is 2.34. The second-order valence-electron chi connectivity index (χ2n) is 8.52. The number of ether oxygens (including phenoxy) is 1. The lowest BCUT2D eigenvalue weighted by atomic mass is 10.1. The van der Waals surface area contributed by atoms with E-state index in [0.717, 1.165) is 37.4 Å². The number of carboxylic acids is 1. The smallest absolute Gasteiger partial charge is 0.323 e. The van der Waals surface area contributed by atoms with Crippen molar-refractivity contribution in [1.29, 1.82) is 0 Å². The van der Waals surface area contributed by atoms with E-state index in [0.29, 0.717) is 17.9 Å². The molecule has 2 aliphatic heterocycles. The first kappa shape index (κ1) is 25.5. The van der Waals surface area contributed by atoms with E-state index >= 15 is 0 Å². The molecule has 1 fully saturated rings. The normalized spacial score (nSPS) is 20.1. The van der Waals surface area contributed by atoms with Gasteiger partial charge in [0.2, 0.25) is 5.91 Å². The Kier molecular flexibility index (Phi) is 10.0. The topological polar surface area (TPSA) is 99.2 Å². The maximum absolute atomic E-state index is 13.3. The second-order valence-corrected chi connectivity index (χ2v) is 9.58. The minimum atomic E-state index is -1.08. The highest BCUT2D eigenvalue weighted by Crippen LogP contribution is 2.34. The first-order valence-electron chi connectivity index (χ1n) is 11.9. The number of nitrogens with zero attached hydrogens (tertiary/aromatic N) is 2. The number of rotatable bonds is 11. The van der Waals surface area contributed by atoms with E-state index in [1.807, 2.05) is 12.1 Å². The maximum Gasteiger partial charge on any atom is 0.323 e. The number of para-hydroxylation sites is 1.